The predicted molar refractivity (Wildman–Crippen MR) is 180 cm³/mol. The van der Waals surface area contributed by atoms with E-state index in [1.807, 2.05) is 29.8 Å². The SMILES string of the molecule is Cc1ccc(C(CC2=COCO2)(c2ccc(-c3nc4c(cnc5cc(C)nn54)cc3-c3ccccc3)cc2)N2CCNCC2)cc1. The molecule has 3 aromatic heterocycles. The largest absolute Gasteiger partial charge is 0.462 e. The molecule has 0 saturated carbocycles. The number of pyridine rings is 1. The van der Waals surface area contributed by atoms with Gasteiger partial charge >= 0.3 is 0 Å². The number of benzene rings is 3. The van der Waals surface area contributed by atoms with Gasteiger partial charge in [-0.2, -0.15) is 9.61 Å². The number of aryl methyl sites for hydroxylation is 2. The lowest BCUT2D eigenvalue weighted by Gasteiger charge is -2.47. The molecule has 6 aromatic rings. The average molecular weight is 609 g/mol. The van der Waals surface area contributed by atoms with Crippen molar-refractivity contribution in [3.8, 4) is 22.4 Å². The fraction of sp³-hybridized carbons (Fsp3) is 0.237. The van der Waals surface area contributed by atoms with Crippen molar-refractivity contribution in [3.05, 3.63) is 132 Å². The highest BCUT2D eigenvalue weighted by molar-refractivity contribution is 5.90. The maximum absolute atomic E-state index is 5.97. The van der Waals surface area contributed by atoms with Crippen LogP contribution in [-0.2, 0) is 15.0 Å². The highest BCUT2D eigenvalue weighted by Crippen LogP contribution is 2.44. The van der Waals surface area contributed by atoms with E-state index in [-0.39, 0.29) is 6.79 Å². The molecule has 8 nitrogen and oxygen atoms in total. The first-order valence-electron chi connectivity index (χ1n) is 15.9. The molecule has 0 radical (unpaired) electrons. The van der Waals surface area contributed by atoms with Crippen molar-refractivity contribution < 1.29 is 9.47 Å². The normalized spacial score (nSPS) is 16.6. The summed E-state index contributed by atoms with van der Waals surface area (Å²) >= 11 is 0. The molecule has 1 saturated heterocycles. The van der Waals surface area contributed by atoms with E-state index in [0.717, 1.165) is 76.7 Å². The molecule has 2 aliphatic rings. The van der Waals surface area contributed by atoms with Gasteiger partial charge in [0.05, 0.1) is 16.9 Å². The lowest BCUT2D eigenvalue weighted by molar-refractivity contribution is 0.0548. The summed E-state index contributed by atoms with van der Waals surface area (Å²) in [7, 11) is 0. The zero-order valence-electron chi connectivity index (χ0n) is 26.1. The maximum Gasteiger partial charge on any atom is 0.229 e. The van der Waals surface area contributed by atoms with Crippen LogP contribution in [0.3, 0.4) is 0 Å². The molecule has 3 aromatic carbocycles. The molecule has 0 spiro atoms. The van der Waals surface area contributed by atoms with Crippen LogP contribution >= 0.6 is 0 Å². The van der Waals surface area contributed by atoms with Crippen LogP contribution in [0.15, 0.2) is 109 Å². The van der Waals surface area contributed by atoms with Gasteiger partial charge in [0.15, 0.2) is 11.3 Å². The van der Waals surface area contributed by atoms with E-state index in [1.54, 1.807) is 6.26 Å². The third-order valence-corrected chi connectivity index (χ3v) is 9.24. The minimum atomic E-state index is -0.447. The lowest BCUT2D eigenvalue weighted by Crippen LogP contribution is -2.55. The van der Waals surface area contributed by atoms with Gasteiger partial charge in [0.2, 0.25) is 6.79 Å². The second-order valence-electron chi connectivity index (χ2n) is 12.2. The van der Waals surface area contributed by atoms with Gasteiger partial charge in [0.1, 0.15) is 12.0 Å². The number of fused-ring (bicyclic) bond motifs is 3. The number of hydrogen-bond donors (Lipinski definition) is 1. The van der Waals surface area contributed by atoms with Gasteiger partial charge in [-0.25, -0.2) is 9.97 Å². The predicted octanol–water partition coefficient (Wildman–Crippen LogP) is 6.61. The van der Waals surface area contributed by atoms with Crippen LogP contribution in [0.25, 0.3) is 39.1 Å². The first-order valence-corrected chi connectivity index (χ1v) is 15.9. The quantitative estimate of drug-likeness (QED) is 0.219. The van der Waals surface area contributed by atoms with Crippen molar-refractivity contribution in [3.63, 3.8) is 0 Å². The van der Waals surface area contributed by atoms with Crippen molar-refractivity contribution in [1.82, 2.24) is 29.8 Å². The Bertz CT molecular complexity index is 2050. The van der Waals surface area contributed by atoms with Gasteiger partial charge in [0, 0.05) is 61.4 Å². The fourth-order valence-corrected chi connectivity index (χ4v) is 6.95. The van der Waals surface area contributed by atoms with Crippen LogP contribution in [0, 0.1) is 13.8 Å². The Kier molecular flexibility index (Phi) is 7.23. The van der Waals surface area contributed by atoms with Gasteiger partial charge in [-0.15, -0.1) is 0 Å². The van der Waals surface area contributed by atoms with Crippen LogP contribution in [0.4, 0.5) is 0 Å². The molecule has 46 heavy (non-hydrogen) atoms. The number of ether oxygens (including phenoxy) is 2. The molecule has 0 amide bonds. The summed E-state index contributed by atoms with van der Waals surface area (Å²) in [6.45, 7) is 8.07. The van der Waals surface area contributed by atoms with E-state index >= 15 is 0 Å². The van der Waals surface area contributed by atoms with Crippen molar-refractivity contribution in [2.45, 2.75) is 25.8 Å². The molecule has 1 N–H and O–H groups in total. The topological polar surface area (TPSA) is 76.8 Å². The Morgan fingerprint density at radius 1 is 0.848 bits per heavy atom. The van der Waals surface area contributed by atoms with E-state index in [0.29, 0.717) is 6.42 Å². The molecule has 2 aliphatic heterocycles. The Hall–Kier alpha value is -5.05. The molecule has 0 aliphatic carbocycles. The third kappa shape index (κ3) is 5.00. The lowest BCUT2D eigenvalue weighted by atomic mass is 9.77. The fourth-order valence-electron chi connectivity index (χ4n) is 6.95. The molecule has 1 unspecified atom stereocenters. The number of nitrogens with one attached hydrogen (secondary N) is 1. The van der Waals surface area contributed by atoms with Gasteiger partial charge in [-0.05, 0) is 36.6 Å². The minimum absolute atomic E-state index is 0.258. The molecular formula is C38H36N6O2. The van der Waals surface area contributed by atoms with Gasteiger partial charge in [-0.1, -0.05) is 84.4 Å². The number of nitrogens with zero attached hydrogens (tertiary/aromatic N) is 5. The van der Waals surface area contributed by atoms with Crippen molar-refractivity contribution in [2.24, 2.45) is 0 Å². The summed E-state index contributed by atoms with van der Waals surface area (Å²) in [5.74, 6) is 0.859. The standard InChI is InChI=1S/C38H36N6O2/c1-26-8-12-31(13-9-26)38(22-33-24-45-25-46-33,43-18-16-39-17-19-43)32-14-10-29(11-15-32)36-34(28-6-4-3-5-7-28)21-30-23-40-35-20-27(2)42-44(35)37(30)41-36/h3-15,20-21,23-24,39H,16-19,22,25H2,1-2H3. The highest BCUT2D eigenvalue weighted by Gasteiger charge is 2.42. The van der Waals surface area contributed by atoms with E-state index in [2.05, 4.69) is 101 Å². The highest BCUT2D eigenvalue weighted by atomic mass is 16.7. The molecular weight excluding hydrogens is 572 g/mol. The smallest absolute Gasteiger partial charge is 0.229 e. The van der Waals surface area contributed by atoms with Crippen molar-refractivity contribution in [2.75, 3.05) is 33.0 Å². The Labute approximate surface area is 268 Å². The zero-order valence-corrected chi connectivity index (χ0v) is 26.1. The molecule has 5 heterocycles. The van der Waals surface area contributed by atoms with Gasteiger partial charge in [-0.3, -0.25) is 4.90 Å². The molecule has 230 valence electrons. The minimum Gasteiger partial charge on any atom is -0.462 e. The number of piperazine rings is 1. The van der Waals surface area contributed by atoms with E-state index in [1.165, 1.54) is 16.7 Å². The van der Waals surface area contributed by atoms with Crippen LogP contribution in [0.1, 0.15) is 28.8 Å². The van der Waals surface area contributed by atoms with Crippen LogP contribution < -0.4 is 5.32 Å². The molecule has 1 fully saturated rings. The number of aromatic nitrogens is 4. The first-order chi connectivity index (χ1) is 22.6. The molecule has 8 heteroatoms. The maximum atomic E-state index is 5.97. The summed E-state index contributed by atoms with van der Waals surface area (Å²) in [4.78, 5) is 12.5. The third-order valence-electron chi connectivity index (χ3n) is 9.24. The van der Waals surface area contributed by atoms with Crippen molar-refractivity contribution >= 4 is 16.7 Å². The van der Waals surface area contributed by atoms with E-state index in [9.17, 15) is 0 Å². The van der Waals surface area contributed by atoms with Crippen LogP contribution in [0.2, 0.25) is 0 Å². The number of rotatable bonds is 7. The molecule has 1 atom stereocenters. The average Bonchev–Trinajstić information content (AvgIpc) is 3.77. The molecule has 0 bridgehead atoms. The monoisotopic (exact) mass is 608 g/mol. The van der Waals surface area contributed by atoms with Crippen LogP contribution in [0.5, 0.6) is 0 Å². The summed E-state index contributed by atoms with van der Waals surface area (Å²) in [5.41, 5.74) is 9.82. The second-order valence-corrected chi connectivity index (χ2v) is 12.2. The zero-order chi connectivity index (χ0) is 31.1. The second kappa shape index (κ2) is 11.7. The summed E-state index contributed by atoms with van der Waals surface area (Å²) in [5, 5.41) is 9.20. The molecule has 8 rings (SSSR count). The summed E-state index contributed by atoms with van der Waals surface area (Å²) in [6, 6.07) is 32.5. The van der Waals surface area contributed by atoms with Gasteiger partial charge in [0.25, 0.3) is 0 Å². The van der Waals surface area contributed by atoms with E-state index in [4.69, 9.17) is 19.6 Å². The van der Waals surface area contributed by atoms with Crippen LogP contribution in [-0.4, -0.2) is 57.5 Å². The first kappa shape index (κ1) is 28.4. The Morgan fingerprint density at radius 3 is 2.30 bits per heavy atom. The van der Waals surface area contributed by atoms with Crippen molar-refractivity contribution in [1.29, 1.82) is 0 Å². The Balaban J connectivity index is 1.31. The summed E-state index contributed by atoms with van der Waals surface area (Å²) in [6.07, 6.45) is 4.34. The Morgan fingerprint density at radius 2 is 1.59 bits per heavy atom. The van der Waals surface area contributed by atoms with Gasteiger partial charge < -0.3 is 14.8 Å². The van der Waals surface area contributed by atoms with E-state index < -0.39 is 5.54 Å². The number of hydrogen-bond acceptors (Lipinski definition) is 7. The summed E-state index contributed by atoms with van der Waals surface area (Å²) < 4.78 is 13.4.